The van der Waals surface area contributed by atoms with E-state index in [0.29, 0.717) is 26.1 Å². The summed E-state index contributed by atoms with van der Waals surface area (Å²) in [5.74, 6) is -1.02. The predicted molar refractivity (Wildman–Crippen MR) is 85.7 cm³/mol. The Morgan fingerprint density at radius 2 is 2.05 bits per heavy atom. The quantitative estimate of drug-likeness (QED) is 0.834. The number of rotatable bonds is 5. The standard InChI is InChI=1S/C16H20BrNO4/c1-11-8-13(17)3-2-12(11)9-14(19)18-10-16(15(20)21)4-6-22-7-5-16/h2-3,8H,4-7,9-10H2,1H3,(H,18,19)(H,20,21). The van der Waals surface area contributed by atoms with Gasteiger partial charge in [0.2, 0.25) is 5.91 Å². The summed E-state index contributed by atoms with van der Waals surface area (Å²) in [6, 6.07) is 5.76. The van der Waals surface area contributed by atoms with E-state index in [1.54, 1.807) is 0 Å². The Morgan fingerprint density at radius 3 is 2.64 bits per heavy atom. The van der Waals surface area contributed by atoms with E-state index >= 15 is 0 Å². The maximum atomic E-state index is 12.1. The molecule has 0 aliphatic carbocycles. The van der Waals surface area contributed by atoms with Gasteiger partial charge in [0.15, 0.2) is 0 Å². The third-order valence-electron chi connectivity index (χ3n) is 4.18. The van der Waals surface area contributed by atoms with E-state index in [0.717, 1.165) is 15.6 Å². The van der Waals surface area contributed by atoms with Crippen LogP contribution in [0.2, 0.25) is 0 Å². The van der Waals surface area contributed by atoms with E-state index < -0.39 is 11.4 Å². The minimum Gasteiger partial charge on any atom is -0.481 e. The van der Waals surface area contributed by atoms with Crippen LogP contribution in [0.25, 0.3) is 0 Å². The van der Waals surface area contributed by atoms with Crippen molar-refractivity contribution in [2.45, 2.75) is 26.2 Å². The lowest BCUT2D eigenvalue weighted by Gasteiger charge is -2.33. The van der Waals surface area contributed by atoms with Gasteiger partial charge in [-0.1, -0.05) is 22.0 Å². The number of halogens is 1. The molecule has 120 valence electrons. The Balaban J connectivity index is 1.95. The smallest absolute Gasteiger partial charge is 0.311 e. The monoisotopic (exact) mass is 369 g/mol. The van der Waals surface area contributed by atoms with Gasteiger partial charge in [-0.25, -0.2) is 0 Å². The number of benzene rings is 1. The molecular weight excluding hydrogens is 350 g/mol. The number of aliphatic carboxylic acids is 1. The number of ether oxygens (including phenoxy) is 1. The average Bonchev–Trinajstić information content (AvgIpc) is 2.49. The predicted octanol–water partition coefficient (Wildman–Crippen LogP) is 2.30. The Kier molecular flexibility index (Phi) is 5.58. The maximum absolute atomic E-state index is 12.1. The molecule has 1 aromatic rings. The van der Waals surface area contributed by atoms with Crippen LogP contribution in [0.15, 0.2) is 22.7 Å². The lowest BCUT2D eigenvalue weighted by Crippen LogP contribution is -2.46. The molecule has 1 heterocycles. The van der Waals surface area contributed by atoms with Gasteiger partial charge >= 0.3 is 5.97 Å². The first-order chi connectivity index (χ1) is 10.4. The van der Waals surface area contributed by atoms with E-state index in [4.69, 9.17) is 4.74 Å². The van der Waals surface area contributed by atoms with Crippen molar-refractivity contribution in [3.8, 4) is 0 Å². The topological polar surface area (TPSA) is 75.6 Å². The van der Waals surface area contributed by atoms with Gasteiger partial charge in [0.1, 0.15) is 0 Å². The molecule has 0 radical (unpaired) electrons. The number of nitrogens with one attached hydrogen (secondary N) is 1. The fourth-order valence-corrected chi connectivity index (χ4v) is 3.06. The minimum absolute atomic E-state index is 0.153. The largest absolute Gasteiger partial charge is 0.481 e. The fraction of sp³-hybridized carbons (Fsp3) is 0.500. The minimum atomic E-state index is -0.900. The van der Waals surface area contributed by atoms with Crippen molar-refractivity contribution >= 4 is 27.8 Å². The molecule has 0 unspecified atom stereocenters. The molecule has 0 bridgehead atoms. The second-order valence-corrected chi connectivity index (χ2v) is 6.64. The first kappa shape index (κ1) is 17.0. The molecule has 0 spiro atoms. The molecule has 0 atom stereocenters. The van der Waals surface area contributed by atoms with Gasteiger partial charge in [0.05, 0.1) is 11.8 Å². The zero-order chi connectivity index (χ0) is 16.2. The molecule has 1 aliphatic rings. The number of carboxylic acid groups (broad SMARTS) is 1. The Bertz CT molecular complexity index is 567. The number of aryl methyl sites for hydroxylation is 1. The van der Waals surface area contributed by atoms with Crippen LogP contribution < -0.4 is 5.32 Å². The van der Waals surface area contributed by atoms with E-state index in [9.17, 15) is 14.7 Å². The van der Waals surface area contributed by atoms with Crippen molar-refractivity contribution < 1.29 is 19.4 Å². The highest BCUT2D eigenvalue weighted by Gasteiger charge is 2.40. The summed E-state index contributed by atoms with van der Waals surface area (Å²) >= 11 is 3.39. The summed E-state index contributed by atoms with van der Waals surface area (Å²) in [5.41, 5.74) is 1.07. The molecule has 5 nitrogen and oxygen atoms in total. The molecule has 22 heavy (non-hydrogen) atoms. The number of hydrogen-bond acceptors (Lipinski definition) is 3. The van der Waals surface area contributed by atoms with Crippen molar-refractivity contribution in [2.24, 2.45) is 5.41 Å². The normalized spacial score (nSPS) is 17.0. The zero-order valence-electron chi connectivity index (χ0n) is 12.5. The van der Waals surface area contributed by atoms with Crippen molar-refractivity contribution in [2.75, 3.05) is 19.8 Å². The van der Waals surface area contributed by atoms with E-state index in [1.165, 1.54) is 0 Å². The van der Waals surface area contributed by atoms with Crippen LogP contribution in [0.1, 0.15) is 24.0 Å². The first-order valence-corrected chi connectivity index (χ1v) is 8.05. The summed E-state index contributed by atoms with van der Waals surface area (Å²) in [4.78, 5) is 23.6. The summed E-state index contributed by atoms with van der Waals surface area (Å²) in [7, 11) is 0. The average molecular weight is 370 g/mol. The molecular formula is C16H20BrNO4. The van der Waals surface area contributed by atoms with Gasteiger partial charge in [-0.05, 0) is 43.0 Å². The van der Waals surface area contributed by atoms with Gasteiger partial charge in [-0.2, -0.15) is 0 Å². The van der Waals surface area contributed by atoms with Crippen molar-refractivity contribution in [3.63, 3.8) is 0 Å². The zero-order valence-corrected chi connectivity index (χ0v) is 14.1. The second-order valence-electron chi connectivity index (χ2n) is 5.72. The first-order valence-electron chi connectivity index (χ1n) is 7.26. The van der Waals surface area contributed by atoms with Crippen LogP contribution in [-0.4, -0.2) is 36.7 Å². The highest BCUT2D eigenvalue weighted by atomic mass is 79.9. The maximum Gasteiger partial charge on any atom is 0.311 e. The van der Waals surface area contributed by atoms with Crippen LogP contribution in [0.4, 0.5) is 0 Å². The van der Waals surface area contributed by atoms with E-state index in [-0.39, 0.29) is 18.9 Å². The SMILES string of the molecule is Cc1cc(Br)ccc1CC(=O)NCC1(C(=O)O)CCOCC1. The van der Waals surface area contributed by atoms with Gasteiger partial charge < -0.3 is 15.2 Å². The number of amides is 1. The molecule has 2 N–H and O–H groups in total. The van der Waals surface area contributed by atoms with Crippen LogP contribution >= 0.6 is 15.9 Å². The molecule has 1 fully saturated rings. The highest BCUT2D eigenvalue weighted by molar-refractivity contribution is 9.10. The molecule has 0 saturated carbocycles. The molecule has 6 heteroatoms. The van der Waals surface area contributed by atoms with Gasteiger partial charge in [0.25, 0.3) is 0 Å². The summed E-state index contributed by atoms with van der Waals surface area (Å²) in [6.45, 7) is 2.95. The van der Waals surface area contributed by atoms with Gasteiger partial charge in [0, 0.05) is 24.2 Å². The van der Waals surface area contributed by atoms with Crippen LogP contribution in [0, 0.1) is 12.3 Å². The van der Waals surface area contributed by atoms with Crippen molar-refractivity contribution in [3.05, 3.63) is 33.8 Å². The molecule has 1 aliphatic heterocycles. The van der Waals surface area contributed by atoms with E-state index in [1.807, 2.05) is 25.1 Å². The lowest BCUT2D eigenvalue weighted by molar-refractivity contribution is -0.154. The molecule has 1 aromatic carbocycles. The second kappa shape index (κ2) is 7.24. The van der Waals surface area contributed by atoms with Gasteiger partial charge in [-0.15, -0.1) is 0 Å². The van der Waals surface area contributed by atoms with Crippen LogP contribution in [-0.2, 0) is 20.7 Å². The van der Waals surface area contributed by atoms with Gasteiger partial charge in [-0.3, -0.25) is 9.59 Å². The highest BCUT2D eigenvalue weighted by Crippen LogP contribution is 2.30. The van der Waals surface area contributed by atoms with E-state index in [2.05, 4.69) is 21.2 Å². The summed E-state index contributed by atoms with van der Waals surface area (Å²) < 4.78 is 6.20. The summed E-state index contributed by atoms with van der Waals surface area (Å²) in [6.07, 6.45) is 1.12. The Hall–Kier alpha value is -1.40. The Labute approximate surface area is 138 Å². The third kappa shape index (κ3) is 4.08. The van der Waals surface area contributed by atoms with Crippen molar-refractivity contribution in [1.82, 2.24) is 5.32 Å². The molecule has 2 rings (SSSR count). The summed E-state index contributed by atoms with van der Waals surface area (Å²) in [5, 5.41) is 12.2. The fourth-order valence-electron chi connectivity index (χ4n) is 2.59. The number of carbonyl (C=O) groups excluding carboxylic acids is 1. The third-order valence-corrected chi connectivity index (χ3v) is 4.68. The number of carboxylic acids is 1. The number of carbonyl (C=O) groups is 2. The molecule has 0 aromatic heterocycles. The molecule has 1 amide bonds. The lowest BCUT2D eigenvalue weighted by atomic mass is 9.80. The number of hydrogen-bond donors (Lipinski definition) is 2. The Morgan fingerprint density at radius 1 is 1.36 bits per heavy atom. The van der Waals surface area contributed by atoms with Crippen LogP contribution in [0.3, 0.4) is 0 Å². The molecule has 1 saturated heterocycles. The van der Waals surface area contributed by atoms with Crippen molar-refractivity contribution in [1.29, 1.82) is 0 Å². The van der Waals surface area contributed by atoms with Crippen LogP contribution in [0.5, 0.6) is 0 Å².